The fraction of sp³-hybridized carbons (Fsp3) is 0.182. The minimum absolute atomic E-state index is 0.0511. The SMILES string of the molecule is CCc1cc(N)n(-c2ccc([N+](=O)[O-])cc2)n1. The highest BCUT2D eigenvalue weighted by atomic mass is 16.6. The number of nitrogen functional groups attached to an aromatic ring is 1. The maximum Gasteiger partial charge on any atom is 0.269 e. The largest absolute Gasteiger partial charge is 0.384 e. The first-order chi connectivity index (χ1) is 8.11. The van der Waals surface area contributed by atoms with Crippen molar-refractivity contribution >= 4 is 11.5 Å². The molecule has 0 atom stereocenters. The van der Waals surface area contributed by atoms with Gasteiger partial charge in [-0.05, 0) is 18.6 Å². The molecule has 0 fully saturated rings. The number of aromatic nitrogens is 2. The number of nitrogens with zero attached hydrogens (tertiary/aromatic N) is 3. The zero-order chi connectivity index (χ0) is 12.4. The van der Waals surface area contributed by atoms with Crippen LogP contribution < -0.4 is 5.73 Å². The zero-order valence-corrected chi connectivity index (χ0v) is 9.33. The molecule has 0 amide bonds. The van der Waals surface area contributed by atoms with E-state index in [4.69, 9.17) is 5.73 Å². The summed E-state index contributed by atoms with van der Waals surface area (Å²) in [4.78, 5) is 10.1. The van der Waals surface area contributed by atoms with E-state index in [0.717, 1.165) is 12.1 Å². The molecule has 6 nitrogen and oxygen atoms in total. The van der Waals surface area contributed by atoms with Crippen molar-refractivity contribution in [3.63, 3.8) is 0 Å². The summed E-state index contributed by atoms with van der Waals surface area (Å²) in [5.41, 5.74) is 7.47. The van der Waals surface area contributed by atoms with Crippen LogP contribution in [-0.2, 0) is 6.42 Å². The minimum atomic E-state index is -0.437. The molecule has 0 aliphatic rings. The number of nitrogens with two attached hydrogens (primary N) is 1. The van der Waals surface area contributed by atoms with Gasteiger partial charge in [-0.1, -0.05) is 6.92 Å². The molecule has 0 radical (unpaired) electrons. The standard InChI is InChI=1S/C11H12N4O2/c1-2-8-7-11(12)14(13-8)9-3-5-10(6-4-9)15(16)17/h3-7H,2,12H2,1H3. The van der Waals surface area contributed by atoms with Crippen LogP contribution >= 0.6 is 0 Å². The van der Waals surface area contributed by atoms with E-state index in [1.807, 2.05) is 6.92 Å². The van der Waals surface area contributed by atoms with E-state index >= 15 is 0 Å². The second kappa shape index (κ2) is 4.25. The summed E-state index contributed by atoms with van der Waals surface area (Å²) in [5, 5.41) is 14.8. The topological polar surface area (TPSA) is 87.0 Å². The van der Waals surface area contributed by atoms with Crippen molar-refractivity contribution < 1.29 is 4.92 Å². The third kappa shape index (κ3) is 2.10. The van der Waals surface area contributed by atoms with Gasteiger partial charge in [-0.2, -0.15) is 5.10 Å². The predicted octanol–water partition coefficient (Wildman–Crippen LogP) is 1.93. The quantitative estimate of drug-likeness (QED) is 0.647. The lowest BCUT2D eigenvalue weighted by molar-refractivity contribution is -0.384. The number of aryl methyl sites for hydroxylation is 1. The molecular formula is C11H12N4O2. The maximum atomic E-state index is 10.5. The summed E-state index contributed by atoms with van der Waals surface area (Å²) < 4.78 is 1.57. The molecule has 1 heterocycles. The molecule has 2 N–H and O–H groups in total. The number of rotatable bonds is 3. The number of anilines is 1. The van der Waals surface area contributed by atoms with Gasteiger partial charge >= 0.3 is 0 Å². The van der Waals surface area contributed by atoms with Gasteiger partial charge in [0.15, 0.2) is 0 Å². The molecule has 0 saturated carbocycles. The number of nitro groups is 1. The van der Waals surface area contributed by atoms with Gasteiger partial charge in [0.1, 0.15) is 5.82 Å². The number of non-ortho nitro benzene ring substituents is 1. The first kappa shape index (κ1) is 11.1. The molecule has 0 aliphatic carbocycles. The molecule has 2 aromatic rings. The van der Waals surface area contributed by atoms with Crippen LogP contribution in [0.25, 0.3) is 5.69 Å². The molecule has 1 aromatic heterocycles. The lowest BCUT2D eigenvalue weighted by Gasteiger charge is -2.02. The molecule has 6 heteroatoms. The van der Waals surface area contributed by atoms with E-state index in [0.29, 0.717) is 11.5 Å². The molecule has 0 saturated heterocycles. The normalized spacial score (nSPS) is 10.4. The predicted molar refractivity (Wildman–Crippen MR) is 64.0 cm³/mol. The average molecular weight is 232 g/mol. The molecule has 0 spiro atoms. The van der Waals surface area contributed by atoms with Crippen molar-refractivity contribution in [2.75, 3.05) is 5.73 Å². The van der Waals surface area contributed by atoms with Gasteiger partial charge in [-0.15, -0.1) is 0 Å². The van der Waals surface area contributed by atoms with Crippen molar-refractivity contribution in [3.8, 4) is 5.69 Å². The van der Waals surface area contributed by atoms with Crippen LogP contribution in [0.1, 0.15) is 12.6 Å². The maximum absolute atomic E-state index is 10.5. The Labute approximate surface area is 97.8 Å². The Bertz CT molecular complexity index is 545. The molecule has 1 aromatic carbocycles. The lowest BCUT2D eigenvalue weighted by atomic mass is 10.3. The summed E-state index contributed by atoms with van der Waals surface area (Å²) in [6.45, 7) is 1.99. The highest BCUT2D eigenvalue weighted by Crippen LogP contribution is 2.18. The first-order valence-corrected chi connectivity index (χ1v) is 5.21. The molecule has 0 aliphatic heterocycles. The summed E-state index contributed by atoms with van der Waals surface area (Å²) >= 11 is 0. The molecule has 0 unspecified atom stereocenters. The molecule has 88 valence electrons. The van der Waals surface area contributed by atoms with E-state index in [2.05, 4.69) is 5.10 Å². The van der Waals surface area contributed by atoms with Crippen LogP contribution in [0, 0.1) is 10.1 Å². The van der Waals surface area contributed by atoms with Crippen LogP contribution in [0.15, 0.2) is 30.3 Å². The van der Waals surface area contributed by atoms with Gasteiger partial charge in [-0.25, -0.2) is 4.68 Å². The monoisotopic (exact) mass is 232 g/mol. The van der Waals surface area contributed by atoms with Crippen LogP contribution in [0.5, 0.6) is 0 Å². The van der Waals surface area contributed by atoms with Gasteiger partial charge in [0.25, 0.3) is 5.69 Å². The lowest BCUT2D eigenvalue weighted by Crippen LogP contribution is -2.02. The molecule has 17 heavy (non-hydrogen) atoms. The molecular weight excluding hydrogens is 220 g/mol. The Morgan fingerprint density at radius 1 is 1.41 bits per heavy atom. The summed E-state index contributed by atoms with van der Waals surface area (Å²) in [6.07, 6.45) is 0.796. The second-order valence-corrected chi connectivity index (χ2v) is 3.60. The van der Waals surface area contributed by atoms with Crippen molar-refractivity contribution in [2.45, 2.75) is 13.3 Å². The Kier molecular flexibility index (Phi) is 2.78. The third-order valence-corrected chi connectivity index (χ3v) is 2.45. The highest BCUT2D eigenvalue weighted by Gasteiger charge is 2.08. The summed E-state index contributed by atoms with van der Waals surface area (Å²) in [5.74, 6) is 0.524. The van der Waals surface area contributed by atoms with Crippen LogP contribution in [-0.4, -0.2) is 14.7 Å². The van der Waals surface area contributed by atoms with E-state index < -0.39 is 4.92 Å². The summed E-state index contributed by atoms with van der Waals surface area (Å²) in [7, 11) is 0. The van der Waals surface area contributed by atoms with Crippen molar-refractivity contribution in [1.29, 1.82) is 0 Å². The Balaban J connectivity index is 2.39. The third-order valence-electron chi connectivity index (χ3n) is 2.45. The van der Waals surface area contributed by atoms with Gasteiger partial charge < -0.3 is 5.73 Å². The van der Waals surface area contributed by atoms with Crippen molar-refractivity contribution in [2.24, 2.45) is 0 Å². The number of hydrogen-bond acceptors (Lipinski definition) is 4. The van der Waals surface area contributed by atoms with Crippen LogP contribution in [0.3, 0.4) is 0 Å². The minimum Gasteiger partial charge on any atom is -0.384 e. The Morgan fingerprint density at radius 2 is 2.06 bits per heavy atom. The van der Waals surface area contributed by atoms with Crippen LogP contribution in [0.2, 0.25) is 0 Å². The van der Waals surface area contributed by atoms with Gasteiger partial charge in [0.2, 0.25) is 0 Å². The van der Waals surface area contributed by atoms with Crippen molar-refractivity contribution in [1.82, 2.24) is 9.78 Å². The first-order valence-electron chi connectivity index (χ1n) is 5.21. The smallest absolute Gasteiger partial charge is 0.269 e. The summed E-state index contributed by atoms with van der Waals surface area (Å²) in [6, 6.07) is 7.91. The number of benzene rings is 1. The average Bonchev–Trinajstić information content (AvgIpc) is 2.71. The number of hydrogen-bond donors (Lipinski definition) is 1. The fourth-order valence-corrected chi connectivity index (χ4v) is 1.54. The van der Waals surface area contributed by atoms with Gasteiger partial charge in [0, 0.05) is 18.2 Å². The second-order valence-electron chi connectivity index (χ2n) is 3.60. The van der Waals surface area contributed by atoms with E-state index in [1.54, 1.807) is 22.9 Å². The van der Waals surface area contributed by atoms with Gasteiger partial charge in [0.05, 0.1) is 16.3 Å². The fourth-order valence-electron chi connectivity index (χ4n) is 1.54. The molecule has 0 bridgehead atoms. The van der Waals surface area contributed by atoms with Crippen LogP contribution in [0.4, 0.5) is 11.5 Å². The Morgan fingerprint density at radius 3 is 2.53 bits per heavy atom. The van der Waals surface area contributed by atoms with E-state index in [9.17, 15) is 10.1 Å². The highest BCUT2D eigenvalue weighted by molar-refractivity contribution is 5.46. The van der Waals surface area contributed by atoms with Crippen molar-refractivity contribution in [3.05, 3.63) is 46.1 Å². The Hall–Kier alpha value is -2.37. The van der Waals surface area contributed by atoms with E-state index in [1.165, 1.54) is 12.1 Å². The zero-order valence-electron chi connectivity index (χ0n) is 9.33. The van der Waals surface area contributed by atoms with Gasteiger partial charge in [-0.3, -0.25) is 10.1 Å². The molecule has 2 rings (SSSR count). The number of nitro benzene ring substituents is 1. The van der Waals surface area contributed by atoms with E-state index in [-0.39, 0.29) is 5.69 Å².